The van der Waals surface area contributed by atoms with Gasteiger partial charge in [0.1, 0.15) is 5.75 Å². The molecule has 0 aromatic heterocycles. The highest BCUT2D eigenvalue weighted by Gasteiger charge is 2.13. The molecule has 7 heteroatoms. The van der Waals surface area contributed by atoms with Gasteiger partial charge in [0, 0.05) is 12.8 Å². The van der Waals surface area contributed by atoms with E-state index in [0.29, 0.717) is 0 Å². The fourth-order valence-electron chi connectivity index (χ4n) is 2.07. The van der Waals surface area contributed by atoms with Crippen LogP contribution in [-0.4, -0.2) is 70.9 Å². The van der Waals surface area contributed by atoms with Crippen molar-refractivity contribution in [1.29, 1.82) is 0 Å². The second-order valence-electron chi connectivity index (χ2n) is 7.87. The molecule has 0 fully saturated rings. The lowest BCUT2D eigenvalue weighted by Crippen LogP contribution is -3.00. The first kappa shape index (κ1) is 27.2. The third-order valence-corrected chi connectivity index (χ3v) is 4.95. The van der Waals surface area contributed by atoms with Crippen LogP contribution in [0.5, 0.6) is 5.75 Å². The van der Waals surface area contributed by atoms with Gasteiger partial charge in [-0.3, -0.25) is 0 Å². The molecule has 1 aromatic rings. The first-order valence-electron chi connectivity index (χ1n) is 7.69. The first-order valence-corrected chi connectivity index (χ1v) is 9.85. The van der Waals surface area contributed by atoms with E-state index in [1.54, 1.807) is 0 Å². The van der Waals surface area contributed by atoms with Gasteiger partial charge < -0.3 is 38.5 Å². The van der Waals surface area contributed by atoms with E-state index in [2.05, 4.69) is 99.6 Å². The normalized spacial score (nSPS) is 11.5. The number of benzene rings is 1. The van der Waals surface area contributed by atoms with Crippen LogP contribution in [0.1, 0.15) is 12.0 Å². The van der Waals surface area contributed by atoms with E-state index in [0.717, 1.165) is 47.3 Å². The number of halogens is 4. The summed E-state index contributed by atoms with van der Waals surface area (Å²) < 4.78 is 10.5. The number of quaternary nitrogens is 2. The van der Waals surface area contributed by atoms with Crippen molar-refractivity contribution in [2.45, 2.75) is 12.8 Å². The van der Waals surface area contributed by atoms with E-state index < -0.39 is 0 Å². The van der Waals surface area contributed by atoms with Gasteiger partial charge in [-0.2, -0.15) is 0 Å². The summed E-state index contributed by atoms with van der Waals surface area (Å²) in [4.78, 5) is 0. The average molecular weight is 603 g/mol. The van der Waals surface area contributed by atoms with Crippen molar-refractivity contribution >= 4 is 45.2 Å². The monoisotopic (exact) mass is 602 g/mol. The number of hydrogen-bond donors (Lipinski definition) is 0. The summed E-state index contributed by atoms with van der Waals surface area (Å²) in [5.41, 5.74) is 1.40. The van der Waals surface area contributed by atoms with E-state index in [1.165, 1.54) is 12.7 Å². The smallest absolute Gasteiger partial charge is 0.145 e. The third-order valence-electron chi connectivity index (χ3n) is 3.35. The Morgan fingerprint density at radius 1 is 0.833 bits per heavy atom. The van der Waals surface area contributed by atoms with Gasteiger partial charge in [0.2, 0.25) is 0 Å². The molecular formula is C17H30Cl2I2N2O. The summed E-state index contributed by atoms with van der Waals surface area (Å²) in [6.07, 6.45) is 2.19. The van der Waals surface area contributed by atoms with Crippen molar-refractivity contribution in [1.82, 2.24) is 0 Å². The summed E-state index contributed by atoms with van der Waals surface area (Å²) in [6, 6.07) is 4.54. The maximum absolute atomic E-state index is 6.03. The highest BCUT2D eigenvalue weighted by molar-refractivity contribution is 14.1. The molecule has 0 atom stereocenters. The van der Waals surface area contributed by atoms with E-state index in [9.17, 15) is 0 Å². The molecule has 0 saturated carbocycles. The van der Waals surface area contributed by atoms with E-state index in [1.807, 2.05) is 0 Å². The lowest BCUT2D eigenvalue weighted by atomic mass is 10.1. The maximum Gasteiger partial charge on any atom is 0.145 e. The van der Waals surface area contributed by atoms with Gasteiger partial charge in [-0.15, -0.1) is 0 Å². The number of nitrogens with zero attached hydrogens (tertiary/aromatic N) is 2. The summed E-state index contributed by atoms with van der Waals surface area (Å²) >= 11 is 4.80. The molecular weight excluding hydrogens is 573 g/mol. The van der Waals surface area contributed by atoms with Gasteiger partial charge in [-0.05, 0) is 62.9 Å². The molecule has 0 unspecified atom stereocenters. The molecule has 0 aliphatic rings. The maximum atomic E-state index is 6.03. The molecule has 0 saturated heterocycles. The topological polar surface area (TPSA) is 9.23 Å². The zero-order valence-corrected chi connectivity index (χ0v) is 21.3. The molecule has 142 valence electrons. The van der Waals surface area contributed by atoms with Crippen molar-refractivity contribution in [2.75, 3.05) is 62.0 Å². The van der Waals surface area contributed by atoms with Crippen LogP contribution >= 0.6 is 45.2 Å². The Balaban J connectivity index is 0. The molecule has 24 heavy (non-hydrogen) atoms. The highest BCUT2D eigenvalue weighted by Crippen LogP contribution is 2.29. The van der Waals surface area contributed by atoms with Crippen LogP contribution in [0.2, 0.25) is 0 Å². The quantitative estimate of drug-likeness (QED) is 0.184. The van der Waals surface area contributed by atoms with Gasteiger partial charge in [0.15, 0.2) is 0 Å². The molecule has 0 amide bonds. The van der Waals surface area contributed by atoms with Crippen LogP contribution in [-0.2, 0) is 6.42 Å². The minimum atomic E-state index is 0. The number of hydrogen-bond acceptors (Lipinski definition) is 1. The number of ether oxygens (including phenoxy) is 1. The van der Waals surface area contributed by atoms with Gasteiger partial charge in [-0.25, -0.2) is 0 Å². The molecule has 0 heterocycles. The average Bonchev–Trinajstić information content (AvgIpc) is 2.32. The summed E-state index contributed by atoms with van der Waals surface area (Å²) in [5, 5.41) is 0. The fourth-order valence-corrected chi connectivity index (χ4v) is 4.28. The minimum Gasteiger partial charge on any atom is -1.00 e. The van der Waals surface area contributed by atoms with Crippen LogP contribution in [0, 0.1) is 7.14 Å². The largest absolute Gasteiger partial charge is 1.00 e. The van der Waals surface area contributed by atoms with Gasteiger partial charge in [0.25, 0.3) is 0 Å². The molecule has 1 aromatic carbocycles. The number of rotatable bonds is 8. The summed E-state index contributed by atoms with van der Waals surface area (Å²) in [5.74, 6) is 1.05. The first-order chi connectivity index (χ1) is 9.98. The molecule has 3 nitrogen and oxygen atoms in total. The van der Waals surface area contributed by atoms with Gasteiger partial charge >= 0.3 is 0 Å². The van der Waals surface area contributed by atoms with Crippen LogP contribution < -0.4 is 29.6 Å². The van der Waals surface area contributed by atoms with Crippen LogP contribution in [0.25, 0.3) is 0 Å². The minimum absolute atomic E-state index is 0. The summed E-state index contributed by atoms with van der Waals surface area (Å²) in [7, 11) is 13.4. The zero-order chi connectivity index (χ0) is 17.0. The Labute approximate surface area is 187 Å². The Morgan fingerprint density at radius 3 is 1.71 bits per heavy atom. The van der Waals surface area contributed by atoms with Crippen molar-refractivity contribution in [3.05, 3.63) is 24.8 Å². The molecule has 0 aliphatic heterocycles. The SMILES string of the molecule is C[N+](C)(C)CCCOc1c(I)cc(CC[N+](C)(C)C)cc1I.[Cl-].[Cl-]. The van der Waals surface area contributed by atoms with Crippen LogP contribution in [0.15, 0.2) is 12.1 Å². The lowest BCUT2D eigenvalue weighted by molar-refractivity contribution is -0.870. The van der Waals surface area contributed by atoms with E-state index in [4.69, 9.17) is 4.74 Å². The van der Waals surface area contributed by atoms with Gasteiger partial charge in [0.05, 0.1) is 69.1 Å². The summed E-state index contributed by atoms with van der Waals surface area (Å²) in [6.45, 7) is 3.07. The molecule has 1 rings (SSSR count). The predicted octanol–water partition coefficient (Wildman–Crippen LogP) is -2.37. The van der Waals surface area contributed by atoms with Crippen molar-refractivity contribution in [3.63, 3.8) is 0 Å². The molecule has 0 bridgehead atoms. The van der Waals surface area contributed by atoms with Crippen LogP contribution in [0.3, 0.4) is 0 Å². The standard InChI is InChI=1S/C17H30I2N2O.2ClH/c1-20(2,3)9-7-11-22-17-15(18)12-14(13-16(17)19)8-10-21(4,5)6;;/h12-13H,7-11H2,1-6H3;2*1H/q+2;;/p-2. The van der Waals surface area contributed by atoms with E-state index >= 15 is 0 Å². The van der Waals surface area contributed by atoms with Crippen LogP contribution in [0.4, 0.5) is 0 Å². The Morgan fingerprint density at radius 2 is 1.29 bits per heavy atom. The third kappa shape index (κ3) is 11.6. The lowest BCUT2D eigenvalue weighted by Gasteiger charge is -2.24. The second kappa shape index (κ2) is 11.6. The van der Waals surface area contributed by atoms with Crippen molar-refractivity contribution in [2.24, 2.45) is 0 Å². The van der Waals surface area contributed by atoms with Crippen molar-refractivity contribution in [3.8, 4) is 5.75 Å². The molecule has 0 spiro atoms. The van der Waals surface area contributed by atoms with E-state index in [-0.39, 0.29) is 24.8 Å². The molecule has 0 N–H and O–H groups in total. The van der Waals surface area contributed by atoms with Gasteiger partial charge in [-0.1, -0.05) is 0 Å². The Bertz CT molecular complexity index is 477. The Kier molecular flexibility index (Phi) is 13.2. The zero-order valence-electron chi connectivity index (χ0n) is 15.5. The molecule has 0 aliphatic carbocycles. The second-order valence-corrected chi connectivity index (χ2v) is 10.2. The predicted molar refractivity (Wildman–Crippen MR) is 111 cm³/mol. The molecule has 0 radical (unpaired) electrons. The number of likely N-dealkylation sites (N-methyl/N-ethyl adjacent to an activating group) is 1. The Hall–Kier alpha value is 0.980. The van der Waals surface area contributed by atoms with Crippen molar-refractivity contribution < 1.29 is 38.5 Å². The highest BCUT2D eigenvalue weighted by atomic mass is 127. The fraction of sp³-hybridized carbons (Fsp3) is 0.647.